The molecule has 3 heterocycles. The van der Waals surface area contributed by atoms with Crippen LogP contribution in [0.25, 0.3) is 88.5 Å². The number of rotatable bonds is 2. The predicted molar refractivity (Wildman–Crippen MR) is 226 cm³/mol. The van der Waals surface area contributed by atoms with Gasteiger partial charge in [0.1, 0.15) is 11.2 Å². The minimum absolute atomic E-state index is 0.483. The molecule has 0 unspecified atom stereocenters. The molecule has 0 atom stereocenters. The van der Waals surface area contributed by atoms with Crippen molar-refractivity contribution in [1.82, 2.24) is 14.0 Å². The van der Waals surface area contributed by atoms with E-state index in [1.54, 1.807) is 0 Å². The van der Waals surface area contributed by atoms with Crippen LogP contribution in [0.5, 0.6) is 0 Å². The van der Waals surface area contributed by atoms with Crippen molar-refractivity contribution in [3.05, 3.63) is 210 Å². The van der Waals surface area contributed by atoms with Gasteiger partial charge in [0, 0.05) is 21.8 Å². The Kier molecular flexibility index (Phi) is 5.56. The lowest BCUT2D eigenvalue weighted by Gasteiger charge is -2.31. The van der Waals surface area contributed by atoms with E-state index >= 15 is 0 Å². The van der Waals surface area contributed by atoms with E-state index < -0.39 is 5.41 Å². The molecule has 11 aromatic rings. The van der Waals surface area contributed by atoms with Gasteiger partial charge in [0.05, 0.1) is 16.4 Å². The fraction of sp³-hybridized carbons (Fsp3) is 0.0192. The maximum atomic E-state index is 5.48. The van der Waals surface area contributed by atoms with Crippen molar-refractivity contribution < 1.29 is 0 Å². The van der Waals surface area contributed by atoms with E-state index in [9.17, 15) is 0 Å². The Morgan fingerprint density at radius 3 is 1.71 bits per heavy atom. The molecule has 3 heteroatoms. The molecule has 0 bridgehead atoms. The Balaban J connectivity index is 1.17. The minimum atomic E-state index is -0.483. The summed E-state index contributed by atoms with van der Waals surface area (Å²) in [6, 6.07) is 69.5. The normalized spacial score (nSPS) is 13.6. The zero-order valence-electron chi connectivity index (χ0n) is 29.7. The first kappa shape index (κ1) is 29.2. The van der Waals surface area contributed by atoms with Gasteiger partial charge in [0.25, 0.3) is 0 Å². The maximum Gasteiger partial charge on any atom is 0.151 e. The highest BCUT2D eigenvalue weighted by Crippen LogP contribution is 2.63. The zero-order valence-corrected chi connectivity index (χ0v) is 29.7. The summed E-state index contributed by atoms with van der Waals surface area (Å²) >= 11 is 0. The number of benzene rings is 8. The lowest BCUT2D eigenvalue weighted by Crippen LogP contribution is -2.26. The first-order valence-electron chi connectivity index (χ1n) is 19.1. The number of hydrogen-bond acceptors (Lipinski definition) is 1. The van der Waals surface area contributed by atoms with Crippen molar-refractivity contribution in [2.45, 2.75) is 5.41 Å². The minimum Gasteiger partial charge on any atom is -0.294 e. The van der Waals surface area contributed by atoms with Gasteiger partial charge in [-0.05, 0) is 91.4 Å². The monoisotopic (exact) mass is 697 g/mol. The average Bonchev–Trinajstić information content (AvgIpc) is 3.97. The quantitative estimate of drug-likeness (QED) is 0.165. The van der Waals surface area contributed by atoms with Crippen molar-refractivity contribution in [1.29, 1.82) is 0 Å². The summed E-state index contributed by atoms with van der Waals surface area (Å²) in [6.45, 7) is 0. The van der Waals surface area contributed by atoms with Gasteiger partial charge < -0.3 is 0 Å². The second kappa shape index (κ2) is 10.5. The fourth-order valence-corrected chi connectivity index (χ4v) is 10.3. The second-order valence-corrected chi connectivity index (χ2v) is 15.1. The molecular formula is C52H31N3. The molecule has 0 N–H and O–H groups in total. The summed E-state index contributed by atoms with van der Waals surface area (Å²) < 4.78 is 4.86. The van der Waals surface area contributed by atoms with Gasteiger partial charge in [-0.25, -0.2) is 4.98 Å². The number of aromatic nitrogens is 3. The van der Waals surface area contributed by atoms with Gasteiger partial charge in [-0.1, -0.05) is 158 Å². The lowest BCUT2D eigenvalue weighted by molar-refractivity contribution is 0.793. The van der Waals surface area contributed by atoms with Crippen LogP contribution < -0.4 is 0 Å². The van der Waals surface area contributed by atoms with Crippen molar-refractivity contribution in [2.75, 3.05) is 0 Å². The van der Waals surface area contributed by atoms with E-state index in [1.807, 2.05) is 0 Å². The third-order valence-corrected chi connectivity index (χ3v) is 12.5. The van der Waals surface area contributed by atoms with Crippen LogP contribution in [0.2, 0.25) is 0 Å². The summed E-state index contributed by atoms with van der Waals surface area (Å²) in [6.07, 6.45) is 0. The number of para-hydroxylation sites is 2. The highest BCUT2D eigenvalue weighted by molar-refractivity contribution is 6.17. The van der Waals surface area contributed by atoms with E-state index in [4.69, 9.17) is 4.98 Å². The molecule has 0 radical (unpaired) electrons. The molecule has 0 amide bonds. The van der Waals surface area contributed by atoms with Crippen LogP contribution in [0.3, 0.4) is 0 Å². The van der Waals surface area contributed by atoms with Crippen LogP contribution >= 0.6 is 0 Å². The van der Waals surface area contributed by atoms with E-state index in [0.717, 1.165) is 44.3 Å². The predicted octanol–water partition coefficient (Wildman–Crippen LogP) is 12.7. The molecule has 2 aliphatic carbocycles. The summed E-state index contributed by atoms with van der Waals surface area (Å²) in [4.78, 5) is 5.48. The molecule has 1 spiro atoms. The number of nitrogens with zero attached hydrogens (tertiary/aromatic N) is 3. The van der Waals surface area contributed by atoms with Crippen molar-refractivity contribution >= 4 is 49.4 Å². The molecule has 3 aromatic heterocycles. The van der Waals surface area contributed by atoms with Crippen LogP contribution in [-0.2, 0) is 5.41 Å². The summed E-state index contributed by atoms with van der Waals surface area (Å²) in [5.41, 5.74) is 19.0. The van der Waals surface area contributed by atoms with Crippen LogP contribution in [-0.4, -0.2) is 14.0 Å². The average molecular weight is 698 g/mol. The van der Waals surface area contributed by atoms with Crippen molar-refractivity contribution in [3.63, 3.8) is 0 Å². The van der Waals surface area contributed by atoms with Gasteiger partial charge in [-0.15, -0.1) is 0 Å². The highest BCUT2D eigenvalue weighted by Gasteiger charge is 2.51. The molecule has 254 valence electrons. The molecule has 55 heavy (non-hydrogen) atoms. The van der Waals surface area contributed by atoms with Crippen molar-refractivity contribution in [3.8, 4) is 39.1 Å². The number of hydrogen-bond donors (Lipinski definition) is 0. The molecule has 0 aliphatic heterocycles. The van der Waals surface area contributed by atoms with Crippen molar-refractivity contribution in [2.24, 2.45) is 0 Å². The van der Waals surface area contributed by atoms with Gasteiger partial charge in [-0.3, -0.25) is 8.97 Å². The van der Waals surface area contributed by atoms with E-state index in [1.165, 1.54) is 66.4 Å². The second-order valence-electron chi connectivity index (χ2n) is 15.1. The third-order valence-electron chi connectivity index (χ3n) is 12.5. The molecule has 0 saturated heterocycles. The SMILES string of the molecule is c1ccc(-c2ccc3c(c2)C2(c4ccccc4-c4ccccc42)c2cc(-n4c5ccccc5c5nc6c7ccccc7c7ccccc7n6c54)ccc2-3)cc1. The number of fused-ring (bicyclic) bond motifs is 20. The fourth-order valence-electron chi connectivity index (χ4n) is 10.3. The van der Waals surface area contributed by atoms with E-state index in [2.05, 4.69) is 197 Å². The Morgan fingerprint density at radius 1 is 0.382 bits per heavy atom. The summed E-state index contributed by atoms with van der Waals surface area (Å²) in [5.74, 6) is 0. The Bertz CT molecular complexity index is 3390. The molecule has 13 rings (SSSR count). The van der Waals surface area contributed by atoms with Gasteiger partial charge >= 0.3 is 0 Å². The van der Waals surface area contributed by atoms with E-state index in [0.29, 0.717) is 0 Å². The standard InChI is InChI=1S/C52H31N3/c1-2-14-32(15-3-1)33-26-28-38-39-29-27-34(31-46(39)52(45(38)30-33)43-22-10-6-17-36(43)37-18-7-11-23-44(37)52)54-48-25-13-9-21-42(48)49-51(54)55-47-24-12-8-19-40(47)35-16-4-5-20-41(35)50(55)53-49/h1-31H. The van der Waals surface area contributed by atoms with Crippen LogP contribution in [0.4, 0.5) is 0 Å². The summed E-state index contributed by atoms with van der Waals surface area (Å²) in [7, 11) is 0. The van der Waals surface area contributed by atoms with Crippen LogP contribution in [0, 0.1) is 0 Å². The topological polar surface area (TPSA) is 22.2 Å². The van der Waals surface area contributed by atoms with Crippen LogP contribution in [0.1, 0.15) is 22.3 Å². The first-order chi connectivity index (χ1) is 27.3. The lowest BCUT2D eigenvalue weighted by atomic mass is 9.70. The molecule has 3 nitrogen and oxygen atoms in total. The zero-order chi connectivity index (χ0) is 35.8. The Labute approximate surface area is 317 Å². The van der Waals surface area contributed by atoms with Crippen LogP contribution in [0.15, 0.2) is 188 Å². The smallest absolute Gasteiger partial charge is 0.151 e. The van der Waals surface area contributed by atoms with Gasteiger partial charge in [-0.2, -0.15) is 0 Å². The molecule has 2 aliphatic rings. The Hall–Kier alpha value is -7.23. The molecule has 0 fully saturated rings. The van der Waals surface area contributed by atoms with Gasteiger partial charge in [0.2, 0.25) is 0 Å². The molecule has 8 aromatic carbocycles. The molecular weight excluding hydrogens is 667 g/mol. The molecule has 0 saturated carbocycles. The Morgan fingerprint density at radius 2 is 0.945 bits per heavy atom. The first-order valence-corrected chi connectivity index (χ1v) is 19.1. The highest BCUT2D eigenvalue weighted by atomic mass is 15.2. The summed E-state index contributed by atoms with van der Waals surface area (Å²) in [5, 5.41) is 4.75. The number of imidazole rings is 1. The maximum absolute atomic E-state index is 5.48. The number of pyridine rings is 1. The largest absolute Gasteiger partial charge is 0.294 e. The third kappa shape index (κ3) is 3.58. The van der Waals surface area contributed by atoms with Gasteiger partial charge in [0.15, 0.2) is 5.65 Å². The van der Waals surface area contributed by atoms with E-state index in [-0.39, 0.29) is 0 Å².